The molecule has 0 aliphatic rings. The van der Waals surface area contributed by atoms with Crippen molar-refractivity contribution in [1.82, 2.24) is 5.16 Å². The molecule has 0 saturated heterocycles. The van der Waals surface area contributed by atoms with Gasteiger partial charge in [0.25, 0.3) is 10.0 Å². The molecular weight excluding hydrogens is 573 g/mol. The molecule has 3 N–H and O–H groups in total. The van der Waals surface area contributed by atoms with Crippen molar-refractivity contribution in [1.29, 1.82) is 0 Å². The van der Waals surface area contributed by atoms with Crippen molar-refractivity contribution < 1.29 is 26.9 Å². The van der Waals surface area contributed by atoms with Crippen LogP contribution in [0.5, 0.6) is 0 Å². The number of nitrogen functional groups attached to an aromatic ring is 1. The van der Waals surface area contributed by atoms with E-state index in [9.17, 15) is 13.2 Å². The molecule has 1 aromatic heterocycles. The normalized spacial score (nSPS) is 11.8. The second-order valence-corrected chi connectivity index (χ2v) is 17.1. The third kappa shape index (κ3) is 6.67. The van der Waals surface area contributed by atoms with Gasteiger partial charge in [-0.25, -0.2) is 17.5 Å². The minimum Gasteiger partial charge on any atom is -0.465 e. The highest BCUT2D eigenvalue weighted by Gasteiger charge is 2.33. The number of hydrogen-bond acceptors (Lipinski definition) is 9. The van der Waals surface area contributed by atoms with Gasteiger partial charge in [0.05, 0.1) is 34.6 Å². The molecule has 0 bridgehead atoms. The number of hydrogen-bond donors (Lipinski definition) is 2. The van der Waals surface area contributed by atoms with E-state index >= 15 is 0 Å². The third-order valence-corrected chi connectivity index (χ3v) is 9.42. The molecule has 3 aromatic carbocycles. The van der Waals surface area contributed by atoms with Gasteiger partial charge in [0.2, 0.25) is 5.88 Å². The van der Waals surface area contributed by atoms with Gasteiger partial charge in [-0.1, -0.05) is 53.7 Å². The molecule has 4 rings (SSSR count). The number of anilines is 3. The quantitative estimate of drug-likeness (QED) is 0.0917. The maximum Gasteiger partial charge on any atom is 0.340 e. The van der Waals surface area contributed by atoms with Gasteiger partial charge in [0, 0.05) is 17.7 Å². The Hall–Kier alpha value is -4.13. The Labute approximate surface area is 247 Å². The lowest BCUT2D eigenvalue weighted by Crippen LogP contribution is -2.39. The van der Waals surface area contributed by atoms with Gasteiger partial charge in [0.1, 0.15) is 6.73 Å². The molecule has 0 radical (unpaired) electrons. The molecule has 0 saturated carbocycles. The number of nitrogens with zero attached hydrogens (tertiary/aromatic N) is 2. The zero-order valence-electron chi connectivity index (χ0n) is 24.6. The van der Waals surface area contributed by atoms with Crippen LogP contribution in [-0.4, -0.2) is 41.7 Å². The number of nitrogens with two attached hydrogens (primary N) is 1. The van der Waals surface area contributed by atoms with Gasteiger partial charge in [-0.2, -0.15) is 0 Å². The van der Waals surface area contributed by atoms with Gasteiger partial charge in [-0.3, -0.25) is 0 Å². The Bertz CT molecular complexity index is 1680. The average Bonchev–Trinajstić information content (AvgIpc) is 3.28. The van der Waals surface area contributed by atoms with Crippen molar-refractivity contribution in [2.24, 2.45) is 0 Å². The lowest BCUT2D eigenvalue weighted by Gasteiger charge is -2.27. The zero-order valence-corrected chi connectivity index (χ0v) is 26.4. The van der Waals surface area contributed by atoms with Crippen molar-refractivity contribution in [3.8, 4) is 11.1 Å². The van der Waals surface area contributed by atoms with Gasteiger partial charge < -0.3 is 24.7 Å². The second-order valence-electron chi connectivity index (χ2n) is 10.7. The number of para-hydroxylation sites is 1. The first-order valence-corrected chi connectivity index (χ1v) is 18.2. The predicted octanol–water partition coefficient (Wildman–Crippen LogP) is 5.94. The lowest BCUT2D eigenvalue weighted by molar-refractivity contribution is 0.0602. The molecule has 222 valence electrons. The van der Waals surface area contributed by atoms with Crippen LogP contribution in [0.15, 0.2) is 76.1 Å². The average molecular weight is 609 g/mol. The Kier molecular flexibility index (Phi) is 9.09. The number of sulfonamides is 1. The van der Waals surface area contributed by atoms with Gasteiger partial charge in [-0.05, 0) is 62.8 Å². The Morgan fingerprint density at radius 1 is 1.02 bits per heavy atom. The highest BCUT2D eigenvalue weighted by atomic mass is 32.2. The van der Waals surface area contributed by atoms with Crippen LogP contribution in [0.2, 0.25) is 19.6 Å². The number of aryl methyl sites for hydroxylation is 1. The number of esters is 1. The molecule has 0 unspecified atom stereocenters. The molecule has 0 aliphatic carbocycles. The summed E-state index contributed by atoms with van der Waals surface area (Å²) in [6.07, 6.45) is 0. The van der Waals surface area contributed by atoms with Crippen LogP contribution in [-0.2, 0) is 25.7 Å². The van der Waals surface area contributed by atoms with Crippen LogP contribution in [0.3, 0.4) is 0 Å². The highest BCUT2D eigenvalue weighted by Crippen LogP contribution is 2.34. The largest absolute Gasteiger partial charge is 0.465 e. The first-order chi connectivity index (χ1) is 19.8. The smallest absolute Gasteiger partial charge is 0.340 e. The first-order valence-electron chi connectivity index (χ1n) is 13.3. The standard InChI is InChI=1S/C30H36N4O6SSi/c1-20-21(2)33-40-29(20)34(19-39-42(4,5)6)41(36,37)27-13-8-7-10-24(27)23-16-14-22(15-17-23)18-32-28-25(30(35)38-3)11-9-12-26(28)31/h7-17,32H,18-19,31H2,1-6H3. The van der Waals surface area contributed by atoms with E-state index in [2.05, 4.69) is 10.5 Å². The SMILES string of the molecule is COC(=O)c1cccc(N)c1NCc1ccc(-c2ccccc2S(=O)(=O)N(CO[Si](C)(C)C)c2onc(C)c2C)cc1. The fourth-order valence-corrected chi connectivity index (χ4v) is 6.36. The summed E-state index contributed by atoms with van der Waals surface area (Å²) in [4.78, 5) is 12.3. The van der Waals surface area contributed by atoms with E-state index in [1.165, 1.54) is 7.11 Å². The Morgan fingerprint density at radius 3 is 2.33 bits per heavy atom. The highest BCUT2D eigenvalue weighted by molar-refractivity contribution is 7.93. The summed E-state index contributed by atoms with van der Waals surface area (Å²) in [6, 6.07) is 19.3. The van der Waals surface area contributed by atoms with Gasteiger partial charge in [-0.15, -0.1) is 0 Å². The number of rotatable bonds is 11. The number of methoxy groups -OCH3 is 1. The number of aromatic nitrogens is 1. The van der Waals surface area contributed by atoms with E-state index in [4.69, 9.17) is 19.4 Å². The molecule has 10 nitrogen and oxygen atoms in total. The first kappa shape index (κ1) is 30.8. The molecule has 0 amide bonds. The van der Waals surface area contributed by atoms with E-state index in [-0.39, 0.29) is 17.5 Å². The molecule has 1 heterocycles. The maximum absolute atomic E-state index is 14.2. The van der Waals surface area contributed by atoms with Crippen molar-refractivity contribution in [2.75, 3.05) is 29.2 Å². The van der Waals surface area contributed by atoms with Gasteiger partial charge >= 0.3 is 5.97 Å². The summed E-state index contributed by atoms with van der Waals surface area (Å²) in [5.41, 5.74) is 10.7. The Balaban J connectivity index is 1.65. The minimum absolute atomic E-state index is 0.114. The molecular formula is C30H36N4O6SSi. The number of ether oxygens (including phenoxy) is 1. The fraction of sp³-hybridized carbons (Fsp3) is 0.267. The lowest BCUT2D eigenvalue weighted by atomic mass is 10.0. The Morgan fingerprint density at radius 2 is 1.71 bits per heavy atom. The second kappa shape index (κ2) is 12.4. The van der Waals surface area contributed by atoms with E-state index in [0.717, 1.165) is 9.87 Å². The molecule has 4 aromatic rings. The topological polar surface area (TPSA) is 137 Å². The number of carbonyl (C=O) groups is 1. The fourth-order valence-electron chi connectivity index (χ4n) is 4.21. The predicted molar refractivity (Wildman–Crippen MR) is 166 cm³/mol. The van der Waals surface area contributed by atoms with Crippen LogP contribution >= 0.6 is 0 Å². The number of carbonyl (C=O) groups excluding carboxylic acids is 1. The van der Waals surface area contributed by atoms with E-state index < -0.39 is 24.3 Å². The zero-order chi connectivity index (χ0) is 30.7. The molecule has 0 aliphatic heterocycles. The summed E-state index contributed by atoms with van der Waals surface area (Å²) >= 11 is 0. The van der Waals surface area contributed by atoms with E-state index in [1.54, 1.807) is 56.3 Å². The maximum atomic E-state index is 14.2. The molecule has 42 heavy (non-hydrogen) atoms. The van der Waals surface area contributed by atoms with Crippen LogP contribution in [0, 0.1) is 13.8 Å². The minimum atomic E-state index is -4.11. The van der Waals surface area contributed by atoms with Crippen LogP contribution in [0.4, 0.5) is 17.3 Å². The number of benzene rings is 3. The van der Waals surface area contributed by atoms with Crippen LogP contribution < -0.4 is 15.4 Å². The summed E-state index contributed by atoms with van der Waals surface area (Å²) in [7, 11) is -4.88. The molecule has 0 spiro atoms. The van der Waals surface area contributed by atoms with E-state index in [0.29, 0.717) is 45.9 Å². The summed E-state index contributed by atoms with van der Waals surface area (Å²) in [5, 5.41) is 7.20. The monoisotopic (exact) mass is 608 g/mol. The van der Waals surface area contributed by atoms with Crippen molar-refractivity contribution >= 4 is 41.6 Å². The summed E-state index contributed by atoms with van der Waals surface area (Å²) < 4.78 is 45.9. The third-order valence-electron chi connectivity index (χ3n) is 6.67. The summed E-state index contributed by atoms with van der Waals surface area (Å²) in [5.74, 6) is -0.355. The summed E-state index contributed by atoms with van der Waals surface area (Å²) in [6.45, 7) is 9.69. The molecule has 0 fully saturated rings. The van der Waals surface area contributed by atoms with Crippen molar-refractivity contribution in [3.63, 3.8) is 0 Å². The van der Waals surface area contributed by atoms with Crippen molar-refractivity contribution in [3.05, 3.63) is 89.1 Å². The van der Waals surface area contributed by atoms with Crippen LogP contribution in [0.25, 0.3) is 11.1 Å². The number of nitrogens with one attached hydrogen (secondary N) is 1. The van der Waals surface area contributed by atoms with Crippen molar-refractivity contribution in [2.45, 2.75) is 44.9 Å². The van der Waals surface area contributed by atoms with Crippen LogP contribution in [0.1, 0.15) is 27.2 Å². The van der Waals surface area contributed by atoms with E-state index in [1.807, 2.05) is 43.9 Å². The molecule has 12 heteroatoms. The molecule has 0 atom stereocenters. The van der Waals surface area contributed by atoms with Gasteiger partial charge in [0.15, 0.2) is 8.32 Å².